The maximum absolute atomic E-state index is 11.7. The zero-order chi connectivity index (χ0) is 12.2. The minimum absolute atomic E-state index is 0.0639. The van der Waals surface area contributed by atoms with Crippen molar-refractivity contribution in [1.29, 1.82) is 0 Å². The molecule has 1 heterocycles. The van der Waals surface area contributed by atoms with Crippen LogP contribution in [0.2, 0.25) is 0 Å². The topological polar surface area (TPSA) is 61.4 Å². The lowest BCUT2D eigenvalue weighted by Gasteiger charge is -2.26. The molecule has 94 valence electrons. The summed E-state index contributed by atoms with van der Waals surface area (Å²) in [7, 11) is 0. The molecule has 1 rings (SSSR count). The van der Waals surface area contributed by atoms with E-state index < -0.39 is 5.60 Å². The summed E-state index contributed by atoms with van der Waals surface area (Å²) in [6.45, 7) is 7.94. The Labute approximate surface area is 97.8 Å². The van der Waals surface area contributed by atoms with Gasteiger partial charge >= 0.3 is 0 Å². The summed E-state index contributed by atoms with van der Waals surface area (Å²) in [6, 6.07) is 0. The molecule has 3 N–H and O–H groups in total. The SMILES string of the molecule is CC(C)CC(C)(O)CNC(=O)C1CCNC1. The third-order valence-corrected chi connectivity index (χ3v) is 2.92. The lowest BCUT2D eigenvalue weighted by atomic mass is 9.94. The van der Waals surface area contributed by atoms with Crippen LogP contribution in [0, 0.1) is 11.8 Å². The van der Waals surface area contributed by atoms with Crippen molar-refractivity contribution in [2.75, 3.05) is 19.6 Å². The summed E-state index contributed by atoms with van der Waals surface area (Å²) < 4.78 is 0. The van der Waals surface area contributed by atoms with Gasteiger partial charge in [-0.3, -0.25) is 4.79 Å². The first kappa shape index (κ1) is 13.5. The Kier molecular flexibility index (Phi) is 4.74. The van der Waals surface area contributed by atoms with Crippen LogP contribution in [0.4, 0.5) is 0 Å². The minimum atomic E-state index is -0.796. The molecule has 16 heavy (non-hydrogen) atoms. The molecule has 0 aliphatic carbocycles. The number of carbonyl (C=O) groups excluding carboxylic acids is 1. The van der Waals surface area contributed by atoms with Crippen molar-refractivity contribution in [3.8, 4) is 0 Å². The minimum Gasteiger partial charge on any atom is -0.388 e. The number of rotatable bonds is 5. The van der Waals surface area contributed by atoms with Crippen LogP contribution in [-0.2, 0) is 4.79 Å². The van der Waals surface area contributed by atoms with Gasteiger partial charge in [0.05, 0.1) is 11.5 Å². The summed E-state index contributed by atoms with van der Waals surface area (Å²) in [5.74, 6) is 0.573. The molecule has 0 bridgehead atoms. The molecule has 2 unspecified atom stereocenters. The molecular formula is C12H24N2O2. The van der Waals surface area contributed by atoms with Crippen LogP contribution >= 0.6 is 0 Å². The first-order chi connectivity index (χ1) is 7.41. The summed E-state index contributed by atoms with van der Waals surface area (Å²) in [4.78, 5) is 11.7. The van der Waals surface area contributed by atoms with Gasteiger partial charge in [-0.05, 0) is 32.2 Å². The van der Waals surface area contributed by atoms with E-state index >= 15 is 0 Å². The standard InChI is InChI=1S/C12H24N2O2/c1-9(2)6-12(3,16)8-14-11(15)10-4-5-13-7-10/h9-10,13,16H,4-8H2,1-3H3,(H,14,15). The van der Waals surface area contributed by atoms with Crippen LogP contribution < -0.4 is 10.6 Å². The van der Waals surface area contributed by atoms with E-state index in [0.29, 0.717) is 18.9 Å². The summed E-state index contributed by atoms with van der Waals surface area (Å²) >= 11 is 0. The number of aliphatic hydroxyl groups is 1. The van der Waals surface area contributed by atoms with Crippen LogP contribution in [0.15, 0.2) is 0 Å². The quantitative estimate of drug-likeness (QED) is 0.642. The number of amides is 1. The zero-order valence-corrected chi connectivity index (χ0v) is 10.5. The zero-order valence-electron chi connectivity index (χ0n) is 10.5. The van der Waals surface area contributed by atoms with Gasteiger partial charge in [0.2, 0.25) is 5.91 Å². The van der Waals surface area contributed by atoms with Crippen molar-refractivity contribution in [3.05, 3.63) is 0 Å². The molecule has 0 spiro atoms. The number of nitrogens with one attached hydrogen (secondary N) is 2. The van der Waals surface area contributed by atoms with Gasteiger partial charge in [0, 0.05) is 13.1 Å². The highest BCUT2D eigenvalue weighted by atomic mass is 16.3. The summed E-state index contributed by atoms with van der Waals surface area (Å²) in [5.41, 5.74) is -0.796. The fourth-order valence-corrected chi connectivity index (χ4v) is 2.25. The van der Waals surface area contributed by atoms with Gasteiger partial charge in [0.25, 0.3) is 0 Å². The molecule has 1 fully saturated rings. The van der Waals surface area contributed by atoms with E-state index in [1.165, 1.54) is 0 Å². The van der Waals surface area contributed by atoms with E-state index in [1.54, 1.807) is 6.92 Å². The Bertz CT molecular complexity index is 233. The third-order valence-electron chi connectivity index (χ3n) is 2.92. The van der Waals surface area contributed by atoms with Crippen LogP contribution in [0.1, 0.15) is 33.6 Å². The Morgan fingerprint density at radius 1 is 1.62 bits per heavy atom. The highest BCUT2D eigenvalue weighted by Crippen LogP contribution is 2.15. The predicted molar refractivity (Wildman–Crippen MR) is 64.1 cm³/mol. The molecule has 0 aromatic carbocycles. The average molecular weight is 228 g/mol. The number of hydrogen-bond acceptors (Lipinski definition) is 3. The Morgan fingerprint density at radius 3 is 2.81 bits per heavy atom. The molecule has 4 heteroatoms. The predicted octanol–water partition coefficient (Wildman–Crippen LogP) is 0.509. The largest absolute Gasteiger partial charge is 0.388 e. The van der Waals surface area contributed by atoms with Crippen molar-refractivity contribution >= 4 is 5.91 Å². The lowest BCUT2D eigenvalue weighted by Crippen LogP contribution is -2.43. The van der Waals surface area contributed by atoms with E-state index in [1.807, 2.05) is 0 Å². The first-order valence-electron chi connectivity index (χ1n) is 6.11. The molecular weight excluding hydrogens is 204 g/mol. The second-order valence-corrected chi connectivity index (χ2v) is 5.50. The fourth-order valence-electron chi connectivity index (χ4n) is 2.25. The van der Waals surface area contributed by atoms with Crippen molar-refractivity contribution in [2.45, 2.75) is 39.2 Å². The number of hydrogen-bond donors (Lipinski definition) is 3. The highest BCUT2D eigenvalue weighted by Gasteiger charge is 2.26. The molecule has 1 aliphatic rings. The maximum atomic E-state index is 11.7. The van der Waals surface area contributed by atoms with Crippen LogP contribution in [-0.4, -0.2) is 36.2 Å². The van der Waals surface area contributed by atoms with Crippen molar-refractivity contribution in [2.24, 2.45) is 11.8 Å². The molecule has 1 saturated heterocycles. The van der Waals surface area contributed by atoms with Gasteiger partial charge in [0.15, 0.2) is 0 Å². The van der Waals surface area contributed by atoms with Gasteiger partial charge < -0.3 is 15.7 Å². The van der Waals surface area contributed by atoms with Gasteiger partial charge in [-0.2, -0.15) is 0 Å². The van der Waals surface area contributed by atoms with Gasteiger partial charge in [-0.25, -0.2) is 0 Å². The summed E-state index contributed by atoms with van der Waals surface area (Å²) in [5, 5.41) is 16.0. The van der Waals surface area contributed by atoms with Crippen LogP contribution in [0.5, 0.6) is 0 Å². The van der Waals surface area contributed by atoms with E-state index in [-0.39, 0.29) is 11.8 Å². The van der Waals surface area contributed by atoms with Gasteiger partial charge in [-0.15, -0.1) is 0 Å². The molecule has 0 saturated carbocycles. The second kappa shape index (κ2) is 5.64. The second-order valence-electron chi connectivity index (χ2n) is 5.50. The Morgan fingerprint density at radius 2 is 2.31 bits per heavy atom. The molecule has 4 nitrogen and oxygen atoms in total. The van der Waals surface area contributed by atoms with E-state index in [9.17, 15) is 9.90 Å². The first-order valence-corrected chi connectivity index (χ1v) is 6.11. The van der Waals surface area contributed by atoms with E-state index in [4.69, 9.17) is 0 Å². The van der Waals surface area contributed by atoms with Gasteiger partial charge in [-0.1, -0.05) is 13.8 Å². The average Bonchev–Trinajstić information content (AvgIpc) is 2.64. The van der Waals surface area contributed by atoms with E-state index in [2.05, 4.69) is 24.5 Å². The third kappa shape index (κ3) is 4.49. The highest BCUT2D eigenvalue weighted by molar-refractivity contribution is 5.79. The van der Waals surface area contributed by atoms with Crippen molar-refractivity contribution in [3.63, 3.8) is 0 Å². The molecule has 0 aromatic heterocycles. The van der Waals surface area contributed by atoms with Crippen molar-refractivity contribution in [1.82, 2.24) is 10.6 Å². The Balaban J connectivity index is 2.29. The van der Waals surface area contributed by atoms with Crippen LogP contribution in [0.25, 0.3) is 0 Å². The molecule has 0 aromatic rings. The number of carbonyl (C=O) groups is 1. The molecule has 2 atom stereocenters. The maximum Gasteiger partial charge on any atom is 0.224 e. The molecule has 1 aliphatic heterocycles. The molecule has 0 radical (unpaired) electrons. The van der Waals surface area contributed by atoms with E-state index in [0.717, 1.165) is 19.5 Å². The normalized spacial score (nSPS) is 24.4. The van der Waals surface area contributed by atoms with Crippen molar-refractivity contribution < 1.29 is 9.90 Å². The fraction of sp³-hybridized carbons (Fsp3) is 0.917. The molecule has 1 amide bonds. The smallest absolute Gasteiger partial charge is 0.224 e. The monoisotopic (exact) mass is 228 g/mol. The van der Waals surface area contributed by atoms with Gasteiger partial charge in [0.1, 0.15) is 0 Å². The summed E-state index contributed by atoms with van der Waals surface area (Å²) in [6.07, 6.45) is 1.61. The van der Waals surface area contributed by atoms with Crippen LogP contribution in [0.3, 0.4) is 0 Å². The lowest BCUT2D eigenvalue weighted by molar-refractivity contribution is -0.125. The Hall–Kier alpha value is -0.610.